The quantitative estimate of drug-likeness (QED) is 0.530. The van der Waals surface area contributed by atoms with Crippen LogP contribution in [-0.4, -0.2) is 0 Å². The van der Waals surface area contributed by atoms with Crippen molar-refractivity contribution < 1.29 is 0 Å². The summed E-state index contributed by atoms with van der Waals surface area (Å²) in [6.45, 7) is 6.30. The lowest BCUT2D eigenvalue weighted by atomic mass is 9.54. The fraction of sp³-hybridized carbons (Fsp3) is 0.875. The minimum absolute atomic E-state index is 0.734. The van der Waals surface area contributed by atoms with Gasteiger partial charge in [-0.3, -0.25) is 0 Å². The summed E-state index contributed by atoms with van der Waals surface area (Å²) in [4.78, 5) is 0. The first kappa shape index (κ1) is 12.2. The number of unbranched alkanes of at least 4 members (excludes halogenated alkanes) is 1. The normalized spacial score (nSPS) is 34.9. The van der Waals surface area contributed by atoms with E-state index in [1.54, 1.807) is 0 Å². The van der Waals surface area contributed by atoms with Gasteiger partial charge in [0, 0.05) is 0 Å². The Bertz CT molecular complexity index is 206. The lowest BCUT2D eigenvalue weighted by Gasteiger charge is -2.51. The van der Waals surface area contributed by atoms with E-state index in [1.165, 1.54) is 64.2 Å². The Kier molecular flexibility index (Phi) is 4.10. The molecule has 16 heavy (non-hydrogen) atoms. The lowest BCUT2D eigenvalue weighted by Crippen LogP contribution is -2.39. The summed E-state index contributed by atoms with van der Waals surface area (Å²) in [6, 6.07) is 0. The van der Waals surface area contributed by atoms with E-state index in [0.717, 1.165) is 17.3 Å². The van der Waals surface area contributed by atoms with Crippen molar-refractivity contribution in [2.75, 3.05) is 0 Å². The van der Waals surface area contributed by atoms with Gasteiger partial charge in [-0.05, 0) is 68.6 Å². The molecule has 0 amide bonds. The maximum absolute atomic E-state index is 3.98. The van der Waals surface area contributed by atoms with Gasteiger partial charge in [0.05, 0.1) is 0 Å². The summed E-state index contributed by atoms with van der Waals surface area (Å²) in [5.74, 6) is 2.05. The van der Waals surface area contributed by atoms with E-state index in [2.05, 4.69) is 19.6 Å². The molecule has 1 atom stereocenters. The van der Waals surface area contributed by atoms with Crippen LogP contribution >= 0.6 is 0 Å². The van der Waals surface area contributed by atoms with Gasteiger partial charge in [-0.15, -0.1) is 6.58 Å². The number of hydrogen-bond acceptors (Lipinski definition) is 0. The Morgan fingerprint density at radius 2 is 1.88 bits per heavy atom. The van der Waals surface area contributed by atoms with Gasteiger partial charge in [0.25, 0.3) is 0 Å². The maximum atomic E-state index is 3.98. The van der Waals surface area contributed by atoms with E-state index in [0.29, 0.717) is 0 Å². The molecule has 2 bridgehead atoms. The van der Waals surface area contributed by atoms with Crippen LogP contribution in [0.2, 0.25) is 0 Å². The van der Waals surface area contributed by atoms with E-state index >= 15 is 0 Å². The summed E-state index contributed by atoms with van der Waals surface area (Å²) < 4.78 is 0. The third kappa shape index (κ3) is 2.36. The minimum atomic E-state index is 0.734. The average molecular weight is 220 g/mol. The monoisotopic (exact) mass is 220 g/mol. The molecule has 3 fully saturated rings. The van der Waals surface area contributed by atoms with Gasteiger partial charge in [0.2, 0.25) is 0 Å². The third-order valence-corrected chi connectivity index (χ3v) is 5.37. The summed E-state index contributed by atoms with van der Waals surface area (Å²) in [6.07, 6.45) is 16.8. The second kappa shape index (κ2) is 5.38. The van der Waals surface area contributed by atoms with E-state index in [4.69, 9.17) is 0 Å². The highest BCUT2D eigenvalue weighted by Gasteiger charge is 2.44. The molecule has 0 saturated heterocycles. The summed E-state index contributed by atoms with van der Waals surface area (Å²) in [5.41, 5.74) is 0.734. The Morgan fingerprint density at radius 3 is 2.38 bits per heavy atom. The fourth-order valence-electron chi connectivity index (χ4n) is 4.22. The fourth-order valence-corrected chi connectivity index (χ4v) is 4.22. The van der Waals surface area contributed by atoms with Gasteiger partial charge >= 0.3 is 0 Å². The minimum Gasteiger partial charge on any atom is -0.103 e. The highest BCUT2D eigenvalue weighted by Crippen LogP contribution is 2.56. The van der Waals surface area contributed by atoms with Crippen molar-refractivity contribution in [1.82, 2.24) is 0 Å². The van der Waals surface area contributed by atoms with Gasteiger partial charge in [-0.25, -0.2) is 0 Å². The van der Waals surface area contributed by atoms with E-state index in [-0.39, 0.29) is 0 Å². The first-order valence-electron chi connectivity index (χ1n) is 7.41. The molecule has 0 aromatic carbocycles. The van der Waals surface area contributed by atoms with Gasteiger partial charge in [0.1, 0.15) is 0 Å². The van der Waals surface area contributed by atoms with Crippen molar-refractivity contribution in [3.8, 4) is 0 Å². The Balaban J connectivity index is 2.01. The highest BCUT2D eigenvalue weighted by molar-refractivity contribution is 4.97. The molecule has 3 aliphatic rings. The van der Waals surface area contributed by atoms with Crippen LogP contribution in [0.1, 0.15) is 71.1 Å². The molecule has 0 aromatic heterocycles. The molecule has 92 valence electrons. The molecule has 3 rings (SSSR count). The van der Waals surface area contributed by atoms with Crippen molar-refractivity contribution >= 4 is 0 Å². The van der Waals surface area contributed by atoms with Gasteiger partial charge < -0.3 is 0 Å². The summed E-state index contributed by atoms with van der Waals surface area (Å²) in [5, 5.41) is 0. The zero-order chi connectivity index (χ0) is 11.4. The molecular formula is C16H28. The summed E-state index contributed by atoms with van der Waals surface area (Å²) >= 11 is 0. The standard InChI is InChI=1S/C16H28/c1-3-5-7-15(6-4-2)16-11-8-14(9-12-16)10-13-16/h4,14-15H,2-3,5-13H2,1H3. The van der Waals surface area contributed by atoms with E-state index < -0.39 is 0 Å². The Hall–Kier alpha value is -0.260. The molecule has 0 spiro atoms. The van der Waals surface area contributed by atoms with E-state index in [9.17, 15) is 0 Å². The second-order valence-corrected chi connectivity index (χ2v) is 6.21. The topological polar surface area (TPSA) is 0 Å². The molecule has 1 unspecified atom stereocenters. The van der Waals surface area contributed by atoms with Crippen molar-refractivity contribution in [2.24, 2.45) is 17.3 Å². The number of hydrogen-bond donors (Lipinski definition) is 0. The third-order valence-electron chi connectivity index (χ3n) is 5.37. The molecular weight excluding hydrogens is 192 g/mol. The molecule has 0 nitrogen and oxygen atoms in total. The van der Waals surface area contributed by atoms with Crippen molar-refractivity contribution in [1.29, 1.82) is 0 Å². The van der Waals surface area contributed by atoms with Crippen LogP contribution in [0.5, 0.6) is 0 Å². The van der Waals surface area contributed by atoms with Crippen LogP contribution in [0.3, 0.4) is 0 Å². The van der Waals surface area contributed by atoms with Crippen LogP contribution in [0.4, 0.5) is 0 Å². The maximum Gasteiger partial charge on any atom is -0.0266 e. The van der Waals surface area contributed by atoms with Crippen LogP contribution < -0.4 is 0 Å². The molecule has 0 heteroatoms. The number of fused-ring (bicyclic) bond motifs is 3. The largest absolute Gasteiger partial charge is 0.103 e. The van der Waals surface area contributed by atoms with Crippen molar-refractivity contribution in [3.63, 3.8) is 0 Å². The van der Waals surface area contributed by atoms with Crippen LogP contribution in [0.25, 0.3) is 0 Å². The summed E-state index contributed by atoms with van der Waals surface area (Å²) in [7, 11) is 0. The van der Waals surface area contributed by atoms with Crippen LogP contribution in [0, 0.1) is 17.3 Å². The SMILES string of the molecule is C=CCC(CCCC)C12CCC(CC1)CC2. The zero-order valence-electron chi connectivity index (χ0n) is 11.0. The molecule has 3 aliphatic carbocycles. The molecule has 0 N–H and O–H groups in total. The zero-order valence-corrected chi connectivity index (χ0v) is 11.0. The van der Waals surface area contributed by atoms with Gasteiger partial charge in [0.15, 0.2) is 0 Å². The molecule has 0 aromatic rings. The van der Waals surface area contributed by atoms with Crippen LogP contribution in [-0.2, 0) is 0 Å². The predicted octanol–water partition coefficient (Wildman–Crippen LogP) is 5.34. The predicted molar refractivity (Wildman–Crippen MR) is 71.5 cm³/mol. The van der Waals surface area contributed by atoms with E-state index in [1.807, 2.05) is 0 Å². The smallest absolute Gasteiger partial charge is 0.0266 e. The van der Waals surface area contributed by atoms with Gasteiger partial charge in [-0.1, -0.05) is 25.8 Å². The molecule has 3 saturated carbocycles. The Morgan fingerprint density at radius 1 is 1.25 bits per heavy atom. The van der Waals surface area contributed by atoms with Crippen molar-refractivity contribution in [3.05, 3.63) is 12.7 Å². The highest BCUT2D eigenvalue weighted by atomic mass is 14.5. The van der Waals surface area contributed by atoms with Gasteiger partial charge in [-0.2, -0.15) is 0 Å². The average Bonchev–Trinajstić information content (AvgIpc) is 2.36. The van der Waals surface area contributed by atoms with Crippen LogP contribution in [0.15, 0.2) is 12.7 Å². The lowest BCUT2D eigenvalue weighted by molar-refractivity contribution is 0.00409. The second-order valence-electron chi connectivity index (χ2n) is 6.21. The molecule has 0 radical (unpaired) electrons. The number of rotatable bonds is 6. The first-order valence-corrected chi connectivity index (χ1v) is 7.41. The Labute approximate surface area is 102 Å². The molecule has 0 aliphatic heterocycles. The van der Waals surface area contributed by atoms with Crippen molar-refractivity contribution in [2.45, 2.75) is 71.1 Å². The number of allylic oxidation sites excluding steroid dienone is 1. The molecule has 0 heterocycles. The first-order chi connectivity index (χ1) is 7.80.